The number of Topliss-reactive ketones (excluding diaryl/α,β-unsaturated/α-hetero) is 1. The number of nitrogens with zero attached hydrogens (tertiary/aromatic N) is 2. The van der Waals surface area contributed by atoms with Crippen LogP contribution < -0.4 is 0 Å². The molecular formula is C22H26N2O. The van der Waals surface area contributed by atoms with Crippen molar-refractivity contribution < 1.29 is 4.79 Å². The van der Waals surface area contributed by atoms with Gasteiger partial charge in [0.15, 0.2) is 0 Å². The fourth-order valence-electron chi connectivity index (χ4n) is 4.01. The zero-order valence-electron chi connectivity index (χ0n) is 16.0. The highest BCUT2D eigenvalue weighted by Gasteiger charge is 2.45. The lowest BCUT2D eigenvalue weighted by Crippen LogP contribution is -2.35. The molecule has 2 heterocycles. The lowest BCUT2D eigenvalue weighted by atomic mass is 9.66. The predicted molar refractivity (Wildman–Crippen MR) is 99.2 cm³/mol. The van der Waals surface area contributed by atoms with E-state index in [0.717, 1.165) is 33.9 Å². The SMILES string of the molecule is CC(C)(C)c1ccc2c(n1)C1CC(=O)C2c2ccc(C(C)(C)C)nc21. The molecule has 3 heteroatoms. The molecule has 0 aliphatic heterocycles. The Kier molecular flexibility index (Phi) is 3.29. The Labute approximate surface area is 149 Å². The minimum absolute atomic E-state index is 0.000748. The second-order valence-electron chi connectivity index (χ2n) is 9.50. The number of rotatable bonds is 0. The molecule has 0 atom stereocenters. The van der Waals surface area contributed by atoms with Crippen molar-refractivity contribution in [2.24, 2.45) is 0 Å². The van der Waals surface area contributed by atoms with E-state index in [1.54, 1.807) is 0 Å². The molecule has 0 spiro atoms. The van der Waals surface area contributed by atoms with Crippen LogP contribution in [0.5, 0.6) is 0 Å². The van der Waals surface area contributed by atoms with E-state index >= 15 is 0 Å². The Hall–Kier alpha value is -2.03. The summed E-state index contributed by atoms with van der Waals surface area (Å²) in [6.07, 6.45) is 0.534. The van der Waals surface area contributed by atoms with Crippen molar-refractivity contribution in [2.45, 2.75) is 70.6 Å². The topological polar surface area (TPSA) is 42.9 Å². The van der Waals surface area contributed by atoms with Crippen molar-refractivity contribution in [2.75, 3.05) is 0 Å². The third kappa shape index (κ3) is 2.44. The van der Waals surface area contributed by atoms with Crippen LogP contribution in [0, 0.1) is 0 Å². The van der Waals surface area contributed by atoms with Gasteiger partial charge in [-0.05, 0) is 23.3 Å². The van der Waals surface area contributed by atoms with E-state index in [4.69, 9.17) is 9.97 Å². The first-order valence-corrected chi connectivity index (χ1v) is 9.13. The van der Waals surface area contributed by atoms with Gasteiger partial charge in [0, 0.05) is 28.6 Å². The Morgan fingerprint density at radius 2 is 1.24 bits per heavy atom. The summed E-state index contributed by atoms with van der Waals surface area (Å²) in [7, 11) is 0. The highest BCUT2D eigenvalue weighted by molar-refractivity contribution is 5.94. The Bertz CT molecular complexity index is 818. The summed E-state index contributed by atoms with van der Waals surface area (Å²) in [5.41, 5.74) is 6.49. The average molecular weight is 334 g/mol. The third-order valence-corrected chi connectivity index (χ3v) is 5.46. The van der Waals surface area contributed by atoms with Crippen molar-refractivity contribution in [1.29, 1.82) is 0 Å². The number of aromatic nitrogens is 2. The highest BCUT2D eigenvalue weighted by atomic mass is 16.1. The van der Waals surface area contributed by atoms with Crippen molar-refractivity contribution >= 4 is 5.78 Å². The number of carbonyl (C=O) groups excluding carboxylic acids is 1. The second-order valence-corrected chi connectivity index (χ2v) is 9.50. The molecule has 0 fully saturated rings. The van der Waals surface area contributed by atoms with Crippen LogP contribution in [-0.2, 0) is 15.6 Å². The Morgan fingerprint density at radius 1 is 0.800 bits per heavy atom. The molecule has 3 nitrogen and oxygen atoms in total. The van der Waals surface area contributed by atoms with Crippen LogP contribution in [0.2, 0.25) is 0 Å². The quantitative estimate of drug-likeness (QED) is 0.706. The predicted octanol–water partition coefficient (Wildman–Crippen LogP) is 4.62. The zero-order valence-corrected chi connectivity index (χ0v) is 16.0. The summed E-state index contributed by atoms with van der Waals surface area (Å²) in [6.45, 7) is 13.1. The molecule has 0 aromatic carbocycles. The minimum atomic E-state index is -0.182. The molecule has 2 aromatic heterocycles. The lowest BCUT2D eigenvalue weighted by molar-refractivity contribution is -0.120. The van der Waals surface area contributed by atoms with E-state index in [1.807, 2.05) is 0 Å². The number of hydrogen-bond acceptors (Lipinski definition) is 3. The van der Waals surface area contributed by atoms with Crippen LogP contribution in [0.1, 0.15) is 93.7 Å². The number of hydrogen-bond donors (Lipinski definition) is 0. The molecule has 3 aliphatic rings. The summed E-state index contributed by atoms with van der Waals surface area (Å²) in [5.74, 6) is 0.130. The first kappa shape index (κ1) is 16.4. The third-order valence-electron chi connectivity index (χ3n) is 5.46. The van der Waals surface area contributed by atoms with E-state index in [2.05, 4.69) is 65.8 Å². The molecule has 0 N–H and O–H groups in total. The van der Waals surface area contributed by atoms with Crippen LogP contribution in [0.4, 0.5) is 0 Å². The summed E-state index contributed by atoms with van der Waals surface area (Å²) >= 11 is 0. The van der Waals surface area contributed by atoms with Crippen molar-refractivity contribution in [3.05, 3.63) is 58.2 Å². The Balaban J connectivity index is 1.92. The molecule has 2 aromatic rings. The van der Waals surface area contributed by atoms with Gasteiger partial charge in [0.05, 0.1) is 23.2 Å². The molecule has 0 amide bonds. The maximum atomic E-state index is 12.7. The average Bonchev–Trinajstić information content (AvgIpc) is 2.52. The van der Waals surface area contributed by atoms with Gasteiger partial charge in [0.1, 0.15) is 5.78 Å². The minimum Gasteiger partial charge on any atom is -0.299 e. The van der Waals surface area contributed by atoms with E-state index in [-0.39, 0.29) is 22.7 Å². The maximum absolute atomic E-state index is 12.7. The van der Waals surface area contributed by atoms with Gasteiger partial charge in [0.2, 0.25) is 0 Å². The fraction of sp³-hybridized carbons (Fsp3) is 0.500. The first-order valence-electron chi connectivity index (χ1n) is 9.13. The van der Waals surface area contributed by atoms with E-state index < -0.39 is 0 Å². The molecule has 0 unspecified atom stereocenters. The van der Waals surface area contributed by atoms with Crippen LogP contribution in [0.25, 0.3) is 0 Å². The van der Waals surface area contributed by atoms with Gasteiger partial charge in [-0.15, -0.1) is 0 Å². The van der Waals surface area contributed by atoms with Gasteiger partial charge >= 0.3 is 0 Å². The Morgan fingerprint density at radius 3 is 1.64 bits per heavy atom. The van der Waals surface area contributed by atoms with E-state index in [0.29, 0.717) is 12.2 Å². The molecule has 130 valence electrons. The second kappa shape index (κ2) is 5.00. The summed E-state index contributed by atoms with van der Waals surface area (Å²) < 4.78 is 0. The van der Waals surface area contributed by atoms with Crippen LogP contribution in [0.3, 0.4) is 0 Å². The number of ketones is 1. The van der Waals surface area contributed by atoms with Gasteiger partial charge in [-0.3, -0.25) is 14.8 Å². The van der Waals surface area contributed by atoms with Gasteiger partial charge in [-0.1, -0.05) is 53.7 Å². The highest BCUT2D eigenvalue weighted by Crippen LogP contribution is 2.50. The maximum Gasteiger partial charge on any atom is 0.145 e. The fourth-order valence-corrected chi connectivity index (χ4v) is 4.01. The lowest BCUT2D eigenvalue weighted by Gasteiger charge is -2.39. The monoisotopic (exact) mass is 334 g/mol. The van der Waals surface area contributed by atoms with Crippen LogP contribution >= 0.6 is 0 Å². The van der Waals surface area contributed by atoms with Gasteiger partial charge in [-0.25, -0.2) is 0 Å². The van der Waals surface area contributed by atoms with Crippen molar-refractivity contribution in [3.63, 3.8) is 0 Å². The van der Waals surface area contributed by atoms with Gasteiger partial charge < -0.3 is 0 Å². The number of fused-ring (bicyclic) bond motifs is 1. The van der Waals surface area contributed by atoms with Crippen LogP contribution in [0.15, 0.2) is 24.3 Å². The molecule has 0 saturated carbocycles. The molecule has 5 rings (SSSR count). The molecular weight excluding hydrogens is 308 g/mol. The largest absolute Gasteiger partial charge is 0.299 e. The van der Waals surface area contributed by atoms with Gasteiger partial charge in [-0.2, -0.15) is 0 Å². The first-order chi connectivity index (χ1) is 11.6. The molecule has 2 bridgehead atoms. The van der Waals surface area contributed by atoms with Gasteiger partial charge in [0.25, 0.3) is 0 Å². The standard InChI is InChI=1S/C22H26N2O/c1-21(2,3)16-9-7-12-18-13-8-10-17(22(4,5)6)24-20(13)14(11-15(18)25)19(12)23-16/h7-10,14,18H,11H2,1-6H3. The summed E-state index contributed by atoms with van der Waals surface area (Å²) in [6, 6.07) is 8.42. The zero-order chi connectivity index (χ0) is 18.1. The number of pyridine rings is 2. The van der Waals surface area contributed by atoms with Crippen molar-refractivity contribution in [1.82, 2.24) is 9.97 Å². The van der Waals surface area contributed by atoms with E-state index in [9.17, 15) is 4.79 Å². The smallest absolute Gasteiger partial charge is 0.145 e. The normalized spacial score (nSPS) is 21.9. The molecule has 0 radical (unpaired) electrons. The molecule has 0 saturated heterocycles. The van der Waals surface area contributed by atoms with Crippen LogP contribution in [-0.4, -0.2) is 15.8 Å². The summed E-state index contributed by atoms with van der Waals surface area (Å²) in [5, 5.41) is 0. The molecule has 3 aliphatic carbocycles. The van der Waals surface area contributed by atoms with E-state index in [1.165, 1.54) is 0 Å². The van der Waals surface area contributed by atoms with Crippen molar-refractivity contribution in [3.8, 4) is 0 Å². The number of carbonyl (C=O) groups is 1. The molecule has 25 heavy (non-hydrogen) atoms. The summed E-state index contributed by atoms with van der Waals surface area (Å²) in [4.78, 5) is 22.7.